The van der Waals surface area contributed by atoms with Crippen LogP contribution in [0, 0.1) is 6.92 Å². The first-order valence-corrected chi connectivity index (χ1v) is 6.25. The van der Waals surface area contributed by atoms with Crippen LogP contribution in [-0.2, 0) is 4.79 Å². The number of carbonyl (C=O) groups excluding carboxylic acids is 1. The monoisotopic (exact) mass is 252 g/mol. The third kappa shape index (κ3) is 2.36. The van der Waals surface area contributed by atoms with E-state index in [1.165, 1.54) is 16.9 Å². The van der Waals surface area contributed by atoms with E-state index in [4.69, 9.17) is 0 Å². The van der Waals surface area contributed by atoms with Gasteiger partial charge in [-0.3, -0.25) is 4.79 Å². The maximum Gasteiger partial charge on any atom is 0.238 e. The molecule has 2 rings (SSSR count). The second kappa shape index (κ2) is 4.43. The van der Waals surface area contributed by atoms with Crippen LogP contribution in [0.25, 0.3) is 10.2 Å². The fourth-order valence-corrected chi connectivity index (χ4v) is 2.33. The van der Waals surface area contributed by atoms with Gasteiger partial charge in [0.25, 0.3) is 0 Å². The van der Waals surface area contributed by atoms with E-state index in [1.807, 2.05) is 19.1 Å². The number of hydrogen-bond acceptors (Lipinski definition) is 4. The summed E-state index contributed by atoms with van der Waals surface area (Å²) in [5.74, 6) is -0.126. The van der Waals surface area contributed by atoms with E-state index < -0.39 is 0 Å². The molecule has 1 atom stereocenters. The van der Waals surface area contributed by atoms with Crippen molar-refractivity contribution in [1.82, 2.24) is 4.98 Å². The van der Waals surface area contributed by atoms with Gasteiger partial charge in [-0.05, 0) is 31.5 Å². The van der Waals surface area contributed by atoms with E-state index in [0.29, 0.717) is 5.13 Å². The van der Waals surface area contributed by atoms with Crippen LogP contribution < -0.4 is 5.32 Å². The molecule has 0 fully saturated rings. The minimum absolute atomic E-state index is 0.126. The molecule has 5 heteroatoms. The number of benzene rings is 1. The molecule has 0 spiro atoms. The zero-order chi connectivity index (χ0) is 11.7. The van der Waals surface area contributed by atoms with Gasteiger partial charge < -0.3 is 5.32 Å². The lowest BCUT2D eigenvalue weighted by atomic mass is 10.2. The number of carbonyl (C=O) groups is 1. The lowest BCUT2D eigenvalue weighted by Crippen LogP contribution is -2.20. The summed E-state index contributed by atoms with van der Waals surface area (Å²) in [5.41, 5.74) is 2.11. The van der Waals surface area contributed by atoms with E-state index in [9.17, 15) is 4.79 Å². The second-order valence-corrected chi connectivity index (χ2v) is 5.46. The van der Waals surface area contributed by atoms with Gasteiger partial charge in [-0.1, -0.05) is 17.4 Å². The van der Waals surface area contributed by atoms with Gasteiger partial charge in [0.15, 0.2) is 5.13 Å². The number of nitrogens with one attached hydrogen (secondary N) is 1. The lowest BCUT2D eigenvalue weighted by Gasteiger charge is -2.02. The molecule has 1 heterocycles. The molecular weight excluding hydrogens is 240 g/mol. The summed E-state index contributed by atoms with van der Waals surface area (Å²) in [6.07, 6.45) is 0. The molecule has 16 heavy (non-hydrogen) atoms. The summed E-state index contributed by atoms with van der Waals surface area (Å²) in [5, 5.41) is 3.05. The van der Waals surface area contributed by atoms with Gasteiger partial charge in [0.2, 0.25) is 5.91 Å². The number of hydrogen-bond donors (Lipinski definition) is 2. The van der Waals surface area contributed by atoms with E-state index in [2.05, 4.69) is 29.0 Å². The Morgan fingerprint density at radius 2 is 2.31 bits per heavy atom. The Morgan fingerprint density at radius 1 is 1.56 bits per heavy atom. The largest absolute Gasteiger partial charge is 0.301 e. The van der Waals surface area contributed by atoms with E-state index in [-0.39, 0.29) is 11.2 Å². The van der Waals surface area contributed by atoms with Crippen LogP contribution in [0.2, 0.25) is 0 Å². The molecule has 0 bridgehead atoms. The third-order valence-electron chi connectivity index (χ3n) is 2.15. The van der Waals surface area contributed by atoms with E-state index >= 15 is 0 Å². The van der Waals surface area contributed by atoms with Crippen molar-refractivity contribution in [2.24, 2.45) is 0 Å². The third-order valence-corrected chi connectivity index (χ3v) is 3.32. The summed E-state index contributed by atoms with van der Waals surface area (Å²) in [4.78, 5) is 15.8. The highest BCUT2D eigenvalue weighted by atomic mass is 32.1. The predicted octanol–water partition coefficient (Wildman–Crippen LogP) is 2.86. The fraction of sp³-hybridized carbons (Fsp3) is 0.273. The van der Waals surface area contributed by atoms with Crippen molar-refractivity contribution < 1.29 is 4.79 Å². The lowest BCUT2D eigenvalue weighted by molar-refractivity contribution is -0.115. The van der Waals surface area contributed by atoms with Crippen LogP contribution in [0.15, 0.2) is 18.2 Å². The van der Waals surface area contributed by atoms with Gasteiger partial charge in [-0.25, -0.2) is 4.98 Å². The number of anilines is 1. The molecule has 2 aromatic rings. The number of fused-ring (bicyclic) bond motifs is 1. The van der Waals surface area contributed by atoms with Crippen molar-refractivity contribution in [1.29, 1.82) is 0 Å². The summed E-state index contributed by atoms with van der Waals surface area (Å²) in [7, 11) is 0. The molecule has 3 nitrogen and oxygen atoms in total. The first kappa shape index (κ1) is 11.4. The molecule has 1 aromatic carbocycles. The van der Waals surface area contributed by atoms with Crippen LogP contribution in [-0.4, -0.2) is 16.1 Å². The van der Waals surface area contributed by atoms with Gasteiger partial charge >= 0.3 is 0 Å². The number of rotatable bonds is 2. The molecule has 1 amide bonds. The van der Waals surface area contributed by atoms with Crippen LogP contribution in [0.3, 0.4) is 0 Å². The van der Waals surface area contributed by atoms with Crippen LogP contribution in [0.1, 0.15) is 12.5 Å². The van der Waals surface area contributed by atoms with Crippen molar-refractivity contribution in [2.45, 2.75) is 19.1 Å². The van der Waals surface area contributed by atoms with E-state index in [1.54, 1.807) is 6.92 Å². The Labute approximate surface area is 103 Å². The minimum atomic E-state index is -0.325. The molecule has 0 aliphatic carbocycles. The first-order chi connectivity index (χ1) is 7.56. The summed E-state index contributed by atoms with van der Waals surface area (Å²) >= 11 is 5.55. The van der Waals surface area contributed by atoms with Gasteiger partial charge in [0.1, 0.15) is 0 Å². The zero-order valence-electron chi connectivity index (χ0n) is 9.02. The fourth-order valence-electron chi connectivity index (χ4n) is 1.30. The molecule has 0 aliphatic heterocycles. The summed E-state index contributed by atoms with van der Waals surface area (Å²) in [6.45, 7) is 3.77. The van der Waals surface area contributed by atoms with Crippen molar-refractivity contribution in [3.8, 4) is 0 Å². The minimum Gasteiger partial charge on any atom is -0.301 e. The van der Waals surface area contributed by atoms with Gasteiger partial charge in [-0.15, -0.1) is 0 Å². The van der Waals surface area contributed by atoms with Gasteiger partial charge in [-0.2, -0.15) is 12.6 Å². The Kier molecular flexibility index (Phi) is 3.16. The average molecular weight is 252 g/mol. The first-order valence-electron chi connectivity index (χ1n) is 4.92. The summed E-state index contributed by atoms with van der Waals surface area (Å²) in [6, 6.07) is 6.03. The average Bonchev–Trinajstić information content (AvgIpc) is 2.58. The van der Waals surface area contributed by atoms with Crippen molar-refractivity contribution in [3.63, 3.8) is 0 Å². The molecule has 1 unspecified atom stereocenters. The molecule has 0 radical (unpaired) electrons. The van der Waals surface area contributed by atoms with Crippen molar-refractivity contribution in [3.05, 3.63) is 23.8 Å². The molecule has 1 aromatic heterocycles. The van der Waals surface area contributed by atoms with Crippen molar-refractivity contribution in [2.75, 3.05) is 5.32 Å². The molecule has 84 valence electrons. The highest BCUT2D eigenvalue weighted by Gasteiger charge is 2.11. The standard InChI is InChI=1S/C11H12N2OS2/c1-6-3-4-8-9(5-6)16-11(12-8)13-10(14)7(2)15/h3-5,7,15H,1-2H3,(H,12,13,14). The van der Waals surface area contributed by atoms with Gasteiger partial charge in [0, 0.05) is 0 Å². The molecule has 0 saturated heterocycles. The molecule has 0 saturated carbocycles. The van der Waals surface area contributed by atoms with Crippen LogP contribution in [0.5, 0.6) is 0 Å². The smallest absolute Gasteiger partial charge is 0.238 e. The van der Waals surface area contributed by atoms with Crippen molar-refractivity contribution >= 4 is 45.2 Å². The number of thiol groups is 1. The Hall–Kier alpha value is -1.07. The Balaban J connectivity index is 2.29. The molecule has 1 N–H and O–H groups in total. The Morgan fingerprint density at radius 3 is 3.00 bits per heavy atom. The number of aromatic nitrogens is 1. The Bertz CT molecular complexity index is 534. The topological polar surface area (TPSA) is 42.0 Å². The SMILES string of the molecule is Cc1ccc2nc(NC(=O)C(C)S)sc2c1. The normalized spacial score (nSPS) is 12.7. The number of aryl methyl sites for hydroxylation is 1. The number of thiazole rings is 1. The maximum absolute atomic E-state index is 11.4. The molecule has 0 aliphatic rings. The molecular formula is C11H12N2OS2. The second-order valence-electron chi connectivity index (χ2n) is 3.66. The number of amides is 1. The maximum atomic E-state index is 11.4. The van der Waals surface area contributed by atoms with Crippen LogP contribution in [0.4, 0.5) is 5.13 Å². The zero-order valence-corrected chi connectivity index (χ0v) is 10.7. The van der Waals surface area contributed by atoms with E-state index in [0.717, 1.165) is 10.2 Å². The highest BCUT2D eigenvalue weighted by Crippen LogP contribution is 2.26. The predicted molar refractivity (Wildman–Crippen MR) is 71.4 cm³/mol. The number of nitrogens with zero attached hydrogens (tertiary/aromatic N) is 1. The van der Waals surface area contributed by atoms with Crippen LogP contribution >= 0.6 is 24.0 Å². The summed E-state index contributed by atoms with van der Waals surface area (Å²) < 4.78 is 1.09. The quantitative estimate of drug-likeness (QED) is 0.807. The van der Waals surface area contributed by atoms with Gasteiger partial charge in [0.05, 0.1) is 15.5 Å². The highest BCUT2D eigenvalue weighted by molar-refractivity contribution is 7.81.